The second-order valence-electron chi connectivity index (χ2n) is 4.52. The topological polar surface area (TPSA) is 84.7 Å². The summed E-state index contributed by atoms with van der Waals surface area (Å²) in [5, 5.41) is 17.1. The molecular weight excluding hydrogens is 256 g/mol. The number of aromatic nitrogens is 4. The minimum absolute atomic E-state index is 0.0210. The predicted molar refractivity (Wildman–Crippen MR) is 75.5 cm³/mol. The van der Waals surface area contributed by atoms with Crippen LogP contribution in [0.3, 0.4) is 0 Å². The molecule has 1 atom stereocenters. The van der Waals surface area contributed by atoms with Crippen LogP contribution in [-0.4, -0.2) is 38.7 Å². The zero-order valence-corrected chi connectivity index (χ0v) is 11.6. The molecule has 0 radical (unpaired) electrons. The first kappa shape index (κ1) is 14.1. The van der Waals surface area contributed by atoms with E-state index in [9.17, 15) is 4.79 Å². The Hall–Kier alpha value is -2.28. The summed E-state index contributed by atoms with van der Waals surface area (Å²) in [5.74, 6) is -0.0210. The average Bonchev–Trinajstić information content (AvgIpc) is 2.92. The van der Waals surface area contributed by atoms with Gasteiger partial charge in [0.25, 0.3) is 0 Å². The molecule has 0 bridgehead atoms. The average molecular weight is 274 g/mol. The quantitative estimate of drug-likeness (QED) is 0.820. The number of nitrogens with one attached hydrogen (secondary N) is 2. The number of amides is 1. The van der Waals surface area contributed by atoms with E-state index in [0.717, 1.165) is 17.9 Å². The molecule has 0 aliphatic heterocycles. The molecule has 0 aliphatic rings. The molecule has 0 spiro atoms. The molecule has 0 saturated carbocycles. The minimum Gasteiger partial charge on any atom is -0.326 e. The van der Waals surface area contributed by atoms with Gasteiger partial charge >= 0.3 is 0 Å². The smallest absolute Gasteiger partial charge is 0.225 e. The highest BCUT2D eigenvalue weighted by molar-refractivity contribution is 5.91. The molecule has 1 unspecified atom stereocenters. The Morgan fingerprint density at radius 3 is 3.00 bits per heavy atom. The molecule has 1 aromatic heterocycles. The van der Waals surface area contributed by atoms with Crippen molar-refractivity contribution in [3.63, 3.8) is 0 Å². The van der Waals surface area contributed by atoms with Crippen LogP contribution in [0, 0.1) is 0 Å². The van der Waals surface area contributed by atoms with Crippen LogP contribution in [0.4, 0.5) is 5.69 Å². The van der Waals surface area contributed by atoms with Crippen LogP contribution in [0.1, 0.15) is 20.3 Å². The summed E-state index contributed by atoms with van der Waals surface area (Å²) in [6.45, 7) is 4.86. The van der Waals surface area contributed by atoms with E-state index in [1.807, 2.05) is 38.1 Å². The second kappa shape index (κ2) is 6.76. The van der Waals surface area contributed by atoms with E-state index in [-0.39, 0.29) is 11.9 Å². The molecule has 2 rings (SSSR count). The summed E-state index contributed by atoms with van der Waals surface area (Å²) in [5.41, 5.74) is 1.53. The maximum atomic E-state index is 11.9. The summed E-state index contributed by atoms with van der Waals surface area (Å²) < 4.78 is 1.54. The van der Waals surface area contributed by atoms with Gasteiger partial charge in [0.05, 0.1) is 5.69 Å². The standard InChI is InChI=1S/C13H18N6O/c1-3-14-10(2)7-13(20)16-11-5-4-6-12(8-11)19-9-15-17-18-19/h4-6,8-10,14H,3,7H2,1-2H3,(H,16,20). The first-order valence-electron chi connectivity index (χ1n) is 6.55. The SMILES string of the molecule is CCNC(C)CC(=O)Nc1cccc(-n2cnnn2)c1. The molecule has 0 saturated heterocycles. The van der Waals surface area contributed by atoms with Crippen LogP contribution in [0.5, 0.6) is 0 Å². The van der Waals surface area contributed by atoms with Gasteiger partial charge in [0.15, 0.2) is 0 Å². The van der Waals surface area contributed by atoms with Crippen molar-refractivity contribution in [3.05, 3.63) is 30.6 Å². The van der Waals surface area contributed by atoms with Crippen LogP contribution >= 0.6 is 0 Å². The van der Waals surface area contributed by atoms with E-state index < -0.39 is 0 Å². The Bertz CT molecular complexity index is 554. The van der Waals surface area contributed by atoms with Crippen molar-refractivity contribution in [2.45, 2.75) is 26.3 Å². The van der Waals surface area contributed by atoms with E-state index >= 15 is 0 Å². The summed E-state index contributed by atoms with van der Waals surface area (Å²) in [4.78, 5) is 11.9. The molecule has 0 fully saturated rings. The number of tetrazole rings is 1. The fraction of sp³-hybridized carbons (Fsp3) is 0.385. The Balaban J connectivity index is 1.99. The van der Waals surface area contributed by atoms with Crippen molar-refractivity contribution in [1.29, 1.82) is 0 Å². The molecule has 1 aromatic carbocycles. The highest BCUT2D eigenvalue weighted by Crippen LogP contribution is 2.13. The molecular formula is C13H18N6O. The number of benzene rings is 1. The molecule has 106 valence electrons. The lowest BCUT2D eigenvalue weighted by atomic mass is 10.2. The summed E-state index contributed by atoms with van der Waals surface area (Å²) in [7, 11) is 0. The van der Waals surface area contributed by atoms with Crippen molar-refractivity contribution >= 4 is 11.6 Å². The normalized spacial score (nSPS) is 12.1. The van der Waals surface area contributed by atoms with Crippen molar-refractivity contribution < 1.29 is 4.79 Å². The molecule has 2 N–H and O–H groups in total. The van der Waals surface area contributed by atoms with Gasteiger partial charge in [-0.15, -0.1) is 5.10 Å². The van der Waals surface area contributed by atoms with Crippen LogP contribution in [0.25, 0.3) is 5.69 Å². The van der Waals surface area contributed by atoms with E-state index in [1.54, 1.807) is 0 Å². The zero-order chi connectivity index (χ0) is 14.4. The summed E-state index contributed by atoms with van der Waals surface area (Å²) >= 11 is 0. The van der Waals surface area contributed by atoms with Gasteiger partial charge in [0.2, 0.25) is 5.91 Å². The Morgan fingerprint density at radius 1 is 1.45 bits per heavy atom. The van der Waals surface area contributed by atoms with Gasteiger partial charge in [-0.1, -0.05) is 13.0 Å². The zero-order valence-electron chi connectivity index (χ0n) is 11.6. The van der Waals surface area contributed by atoms with E-state index in [0.29, 0.717) is 6.42 Å². The second-order valence-corrected chi connectivity index (χ2v) is 4.52. The highest BCUT2D eigenvalue weighted by atomic mass is 16.1. The number of anilines is 1. The lowest BCUT2D eigenvalue weighted by molar-refractivity contribution is -0.116. The Labute approximate surface area is 117 Å². The van der Waals surface area contributed by atoms with E-state index in [4.69, 9.17) is 0 Å². The molecule has 0 aliphatic carbocycles. The largest absolute Gasteiger partial charge is 0.326 e. The van der Waals surface area contributed by atoms with Gasteiger partial charge in [0.1, 0.15) is 6.33 Å². The first-order chi connectivity index (χ1) is 9.69. The van der Waals surface area contributed by atoms with Gasteiger partial charge in [-0.3, -0.25) is 4.79 Å². The number of carbonyl (C=O) groups excluding carboxylic acids is 1. The number of hydrogen-bond acceptors (Lipinski definition) is 5. The Kier molecular flexibility index (Phi) is 4.78. The molecule has 2 aromatic rings. The molecule has 7 heteroatoms. The minimum atomic E-state index is -0.0210. The fourth-order valence-corrected chi connectivity index (χ4v) is 1.92. The number of hydrogen-bond donors (Lipinski definition) is 2. The maximum absolute atomic E-state index is 11.9. The fourth-order valence-electron chi connectivity index (χ4n) is 1.92. The highest BCUT2D eigenvalue weighted by Gasteiger charge is 2.08. The van der Waals surface area contributed by atoms with Gasteiger partial charge in [0, 0.05) is 18.2 Å². The van der Waals surface area contributed by atoms with Crippen LogP contribution < -0.4 is 10.6 Å². The third kappa shape index (κ3) is 3.86. The third-order valence-corrected chi connectivity index (χ3v) is 2.79. The predicted octanol–water partition coefficient (Wildman–Crippen LogP) is 0.989. The van der Waals surface area contributed by atoms with Crippen LogP contribution in [0.15, 0.2) is 30.6 Å². The van der Waals surface area contributed by atoms with Gasteiger partial charge in [-0.2, -0.15) is 0 Å². The monoisotopic (exact) mass is 274 g/mol. The maximum Gasteiger partial charge on any atom is 0.225 e. The number of nitrogens with zero attached hydrogens (tertiary/aromatic N) is 4. The molecule has 1 heterocycles. The lowest BCUT2D eigenvalue weighted by Crippen LogP contribution is -2.30. The van der Waals surface area contributed by atoms with Crippen LogP contribution in [-0.2, 0) is 4.79 Å². The van der Waals surface area contributed by atoms with Gasteiger partial charge in [-0.25, -0.2) is 4.68 Å². The number of rotatable bonds is 6. The molecule has 7 nitrogen and oxygen atoms in total. The summed E-state index contributed by atoms with van der Waals surface area (Å²) in [6, 6.07) is 7.53. The first-order valence-corrected chi connectivity index (χ1v) is 6.55. The van der Waals surface area contributed by atoms with Gasteiger partial charge < -0.3 is 10.6 Å². The van der Waals surface area contributed by atoms with Gasteiger partial charge in [-0.05, 0) is 42.1 Å². The van der Waals surface area contributed by atoms with Crippen molar-refractivity contribution in [2.75, 3.05) is 11.9 Å². The number of carbonyl (C=O) groups is 1. The van der Waals surface area contributed by atoms with Crippen LogP contribution in [0.2, 0.25) is 0 Å². The Morgan fingerprint density at radius 2 is 2.30 bits per heavy atom. The van der Waals surface area contributed by atoms with Crippen molar-refractivity contribution in [2.24, 2.45) is 0 Å². The van der Waals surface area contributed by atoms with Crippen molar-refractivity contribution in [1.82, 2.24) is 25.5 Å². The lowest BCUT2D eigenvalue weighted by Gasteiger charge is -2.12. The van der Waals surface area contributed by atoms with E-state index in [1.165, 1.54) is 11.0 Å². The van der Waals surface area contributed by atoms with E-state index in [2.05, 4.69) is 26.2 Å². The molecule has 1 amide bonds. The summed E-state index contributed by atoms with van der Waals surface area (Å²) in [6.07, 6.45) is 1.94. The third-order valence-electron chi connectivity index (χ3n) is 2.79. The van der Waals surface area contributed by atoms with Crippen molar-refractivity contribution in [3.8, 4) is 5.69 Å². The molecule has 20 heavy (non-hydrogen) atoms.